The minimum atomic E-state index is 0.589. The molecule has 2 rings (SSSR count). The summed E-state index contributed by atoms with van der Waals surface area (Å²) in [4.78, 5) is 0. The zero-order valence-corrected chi connectivity index (χ0v) is 13.6. The van der Waals surface area contributed by atoms with Crippen molar-refractivity contribution < 1.29 is 4.74 Å². The van der Waals surface area contributed by atoms with Gasteiger partial charge in [-0.15, -0.1) is 10.2 Å². The summed E-state index contributed by atoms with van der Waals surface area (Å²) in [6.07, 6.45) is 0. The number of thioether (sulfide) groups is 1. The lowest BCUT2D eigenvalue weighted by Gasteiger charge is -2.10. The van der Waals surface area contributed by atoms with Gasteiger partial charge < -0.3 is 15.0 Å². The van der Waals surface area contributed by atoms with Gasteiger partial charge in [-0.05, 0) is 38.0 Å². The Morgan fingerprint density at radius 1 is 1.24 bits per heavy atom. The van der Waals surface area contributed by atoms with E-state index < -0.39 is 0 Å². The summed E-state index contributed by atoms with van der Waals surface area (Å²) < 4.78 is 7.89. The van der Waals surface area contributed by atoms with Crippen molar-refractivity contribution in [3.63, 3.8) is 0 Å². The van der Waals surface area contributed by atoms with E-state index in [1.54, 1.807) is 11.8 Å². The SMILES string of the molecule is Cc1ccc(C)c(OCCSc2nnc(C)n2CCN)c1. The summed E-state index contributed by atoms with van der Waals surface area (Å²) in [5.74, 6) is 2.68. The molecule has 0 saturated carbocycles. The third-order valence-electron chi connectivity index (χ3n) is 3.17. The van der Waals surface area contributed by atoms with Crippen molar-refractivity contribution in [2.75, 3.05) is 18.9 Å². The van der Waals surface area contributed by atoms with E-state index in [0.717, 1.165) is 34.6 Å². The van der Waals surface area contributed by atoms with Gasteiger partial charge >= 0.3 is 0 Å². The van der Waals surface area contributed by atoms with Crippen molar-refractivity contribution in [1.82, 2.24) is 14.8 Å². The van der Waals surface area contributed by atoms with Crippen LogP contribution < -0.4 is 10.5 Å². The lowest BCUT2D eigenvalue weighted by Crippen LogP contribution is -2.12. The van der Waals surface area contributed by atoms with Crippen molar-refractivity contribution in [2.45, 2.75) is 32.5 Å². The van der Waals surface area contributed by atoms with Crippen molar-refractivity contribution in [3.05, 3.63) is 35.2 Å². The van der Waals surface area contributed by atoms with Gasteiger partial charge in [-0.3, -0.25) is 0 Å². The van der Waals surface area contributed by atoms with Gasteiger partial charge in [-0.25, -0.2) is 0 Å². The van der Waals surface area contributed by atoms with Gasteiger partial charge in [0.2, 0.25) is 0 Å². The minimum Gasteiger partial charge on any atom is -0.492 e. The van der Waals surface area contributed by atoms with E-state index >= 15 is 0 Å². The molecule has 2 aromatic rings. The molecule has 0 aliphatic heterocycles. The first-order valence-corrected chi connectivity index (χ1v) is 8.03. The monoisotopic (exact) mass is 306 g/mol. The van der Waals surface area contributed by atoms with Crippen LogP contribution in [0.25, 0.3) is 0 Å². The van der Waals surface area contributed by atoms with Crippen LogP contribution in [0, 0.1) is 20.8 Å². The van der Waals surface area contributed by atoms with Crippen LogP contribution in [0.4, 0.5) is 0 Å². The predicted molar refractivity (Wildman–Crippen MR) is 85.9 cm³/mol. The third-order valence-corrected chi connectivity index (χ3v) is 4.10. The van der Waals surface area contributed by atoms with Crippen LogP contribution >= 0.6 is 11.8 Å². The number of nitrogens with two attached hydrogens (primary N) is 1. The first kappa shape index (κ1) is 15.9. The van der Waals surface area contributed by atoms with Crippen LogP contribution in [0.15, 0.2) is 23.4 Å². The van der Waals surface area contributed by atoms with Crippen LogP contribution in [0.3, 0.4) is 0 Å². The molecule has 1 aromatic carbocycles. The molecule has 0 bridgehead atoms. The van der Waals surface area contributed by atoms with Crippen LogP contribution in [0.1, 0.15) is 17.0 Å². The maximum Gasteiger partial charge on any atom is 0.191 e. The molecule has 114 valence electrons. The van der Waals surface area contributed by atoms with Crippen molar-refractivity contribution in [3.8, 4) is 5.75 Å². The Morgan fingerprint density at radius 2 is 2.05 bits per heavy atom. The van der Waals surface area contributed by atoms with E-state index in [-0.39, 0.29) is 0 Å². The molecule has 0 aliphatic carbocycles. The van der Waals surface area contributed by atoms with Gasteiger partial charge in [-0.2, -0.15) is 0 Å². The molecular weight excluding hydrogens is 284 g/mol. The first-order valence-electron chi connectivity index (χ1n) is 7.04. The van der Waals surface area contributed by atoms with Crippen LogP contribution in [0.5, 0.6) is 5.75 Å². The Labute approximate surface area is 129 Å². The number of benzene rings is 1. The van der Waals surface area contributed by atoms with Gasteiger partial charge in [0, 0.05) is 18.8 Å². The molecule has 0 amide bonds. The Kier molecular flexibility index (Phi) is 5.64. The summed E-state index contributed by atoms with van der Waals surface area (Å²) in [5, 5.41) is 9.17. The van der Waals surface area contributed by atoms with E-state index in [2.05, 4.69) is 42.2 Å². The summed E-state index contributed by atoms with van der Waals surface area (Å²) in [6.45, 7) is 8.05. The average Bonchev–Trinajstić information content (AvgIpc) is 2.80. The van der Waals surface area contributed by atoms with Gasteiger partial charge in [0.1, 0.15) is 11.6 Å². The Morgan fingerprint density at radius 3 is 2.81 bits per heavy atom. The maximum atomic E-state index is 5.84. The zero-order chi connectivity index (χ0) is 15.2. The fraction of sp³-hybridized carbons (Fsp3) is 0.467. The number of aryl methyl sites for hydroxylation is 3. The largest absolute Gasteiger partial charge is 0.492 e. The van der Waals surface area contributed by atoms with E-state index in [1.807, 2.05) is 11.5 Å². The first-order chi connectivity index (χ1) is 10.1. The highest BCUT2D eigenvalue weighted by Gasteiger charge is 2.08. The second kappa shape index (κ2) is 7.47. The average molecular weight is 306 g/mol. The molecule has 0 radical (unpaired) electrons. The van der Waals surface area contributed by atoms with Gasteiger partial charge in [0.15, 0.2) is 5.16 Å². The molecule has 1 aromatic heterocycles. The Hall–Kier alpha value is -1.53. The second-order valence-corrected chi connectivity index (χ2v) is 6.00. The summed E-state index contributed by atoms with van der Waals surface area (Å²) in [7, 11) is 0. The van der Waals surface area contributed by atoms with Gasteiger partial charge in [-0.1, -0.05) is 23.9 Å². The second-order valence-electron chi connectivity index (χ2n) is 4.94. The molecule has 0 spiro atoms. The number of rotatable bonds is 7. The number of hydrogen-bond donors (Lipinski definition) is 1. The molecule has 0 fully saturated rings. The smallest absolute Gasteiger partial charge is 0.191 e. The quantitative estimate of drug-likeness (QED) is 0.628. The molecule has 0 aliphatic rings. The molecule has 1 heterocycles. The Balaban J connectivity index is 1.86. The van der Waals surface area contributed by atoms with Crippen LogP contribution in [-0.2, 0) is 6.54 Å². The summed E-state index contributed by atoms with van der Waals surface area (Å²) in [6, 6.07) is 6.25. The van der Waals surface area contributed by atoms with Gasteiger partial charge in [0.25, 0.3) is 0 Å². The summed E-state index contributed by atoms with van der Waals surface area (Å²) >= 11 is 1.65. The molecule has 21 heavy (non-hydrogen) atoms. The lowest BCUT2D eigenvalue weighted by molar-refractivity contribution is 0.341. The van der Waals surface area contributed by atoms with Gasteiger partial charge in [0.05, 0.1) is 6.61 Å². The third kappa shape index (κ3) is 4.22. The Bertz CT molecular complexity index is 597. The van der Waals surface area contributed by atoms with Crippen LogP contribution in [0.2, 0.25) is 0 Å². The van der Waals surface area contributed by atoms with Crippen molar-refractivity contribution in [2.24, 2.45) is 5.73 Å². The highest BCUT2D eigenvalue weighted by molar-refractivity contribution is 7.99. The number of nitrogens with zero attached hydrogens (tertiary/aromatic N) is 3. The lowest BCUT2D eigenvalue weighted by atomic mass is 10.1. The minimum absolute atomic E-state index is 0.589. The molecule has 0 saturated heterocycles. The van der Waals surface area contributed by atoms with E-state index in [9.17, 15) is 0 Å². The fourth-order valence-corrected chi connectivity index (χ4v) is 2.83. The molecule has 0 unspecified atom stereocenters. The van der Waals surface area contributed by atoms with E-state index in [1.165, 1.54) is 5.56 Å². The van der Waals surface area contributed by atoms with Crippen molar-refractivity contribution >= 4 is 11.8 Å². The highest BCUT2D eigenvalue weighted by Crippen LogP contribution is 2.21. The molecule has 2 N–H and O–H groups in total. The number of ether oxygens (including phenoxy) is 1. The number of hydrogen-bond acceptors (Lipinski definition) is 5. The standard InChI is InChI=1S/C15H22N4OS/c1-11-4-5-12(2)14(10-11)20-8-9-21-15-18-17-13(3)19(15)7-6-16/h4-5,10H,6-9,16H2,1-3H3. The zero-order valence-electron chi connectivity index (χ0n) is 12.8. The predicted octanol–water partition coefficient (Wildman–Crippen LogP) is 2.33. The van der Waals surface area contributed by atoms with Crippen molar-refractivity contribution in [1.29, 1.82) is 0 Å². The maximum absolute atomic E-state index is 5.84. The fourth-order valence-electron chi connectivity index (χ4n) is 2.00. The van der Waals surface area contributed by atoms with Crippen LogP contribution in [-0.4, -0.2) is 33.7 Å². The molecule has 5 nitrogen and oxygen atoms in total. The molecular formula is C15H22N4OS. The number of aromatic nitrogens is 3. The topological polar surface area (TPSA) is 66.0 Å². The highest BCUT2D eigenvalue weighted by atomic mass is 32.2. The summed E-state index contributed by atoms with van der Waals surface area (Å²) in [5.41, 5.74) is 7.98. The van der Waals surface area contributed by atoms with E-state index in [0.29, 0.717) is 13.2 Å². The van der Waals surface area contributed by atoms with E-state index in [4.69, 9.17) is 10.5 Å². The normalized spacial score (nSPS) is 10.9. The molecule has 0 atom stereocenters. The molecule has 6 heteroatoms.